The first-order chi connectivity index (χ1) is 11.6. The van der Waals surface area contributed by atoms with Gasteiger partial charge in [-0.05, 0) is 30.9 Å². The lowest BCUT2D eigenvalue weighted by atomic mass is 9.98. The van der Waals surface area contributed by atoms with Gasteiger partial charge in [-0.1, -0.05) is 32.0 Å². The molecule has 1 atom stereocenters. The number of aromatic nitrogens is 2. The van der Waals surface area contributed by atoms with Crippen LogP contribution in [0.25, 0.3) is 0 Å². The molecule has 0 fully saturated rings. The molecular weight excluding hydrogens is 344 g/mol. The first kappa shape index (κ1) is 19.0. The van der Waals surface area contributed by atoms with Gasteiger partial charge in [-0.25, -0.2) is 4.79 Å². The maximum atomic E-state index is 12.8. The maximum Gasteiger partial charge on any atom is 0.346 e. The van der Waals surface area contributed by atoms with Crippen molar-refractivity contribution < 1.29 is 12.6 Å². The third kappa shape index (κ3) is 3.39. The van der Waals surface area contributed by atoms with Crippen LogP contribution in [0.1, 0.15) is 37.4 Å². The van der Waals surface area contributed by atoms with Crippen LogP contribution in [-0.4, -0.2) is 17.6 Å². The lowest BCUT2D eigenvalue weighted by Crippen LogP contribution is -2.41. The van der Waals surface area contributed by atoms with Crippen LogP contribution in [0, 0.1) is 6.92 Å². The summed E-state index contributed by atoms with van der Waals surface area (Å²) in [6.45, 7) is 5.35. The second-order valence-electron chi connectivity index (χ2n) is 6.00. The number of para-hydroxylation sites is 1. The van der Waals surface area contributed by atoms with Crippen molar-refractivity contribution in [1.29, 1.82) is 0 Å². The van der Waals surface area contributed by atoms with Crippen LogP contribution in [0.15, 0.2) is 38.8 Å². The van der Waals surface area contributed by atoms with Crippen LogP contribution < -0.4 is 15.4 Å². The van der Waals surface area contributed by atoms with E-state index in [1.54, 1.807) is 24.3 Å². The van der Waals surface area contributed by atoms with Gasteiger partial charge in [0.15, 0.2) is 4.90 Å². The minimum atomic E-state index is -4.39. The Morgan fingerprint density at radius 2 is 1.72 bits per heavy atom. The SMILES string of the molecule is CC[C@H](C)c1ccccc1OS(=O)(=O)c1c(C)n(C)c(=O)n(C)c1=O. The smallest absolute Gasteiger partial charge is 0.346 e. The number of nitrogens with zero attached hydrogens (tertiary/aromatic N) is 2. The molecule has 2 aromatic rings. The molecule has 1 aromatic heterocycles. The molecule has 1 heterocycles. The van der Waals surface area contributed by atoms with Crippen molar-refractivity contribution in [3.63, 3.8) is 0 Å². The molecule has 2 rings (SSSR count). The molecular formula is C17H22N2O5S. The highest BCUT2D eigenvalue weighted by Crippen LogP contribution is 2.30. The lowest BCUT2D eigenvalue weighted by molar-refractivity contribution is 0.472. The molecule has 0 amide bonds. The molecule has 1 aromatic carbocycles. The highest BCUT2D eigenvalue weighted by Gasteiger charge is 2.28. The fourth-order valence-corrected chi connectivity index (χ4v) is 3.87. The average molecular weight is 366 g/mol. The highest BCUT2D eigenvalue weighted by atomic mass is 32.2. The van der Waals surface area contributed by atoms with Gasteiger partial charge in [0.05, 0.1) is 0 Å². The second kappa shape index (κ2) is 6.87. The molecule has 136 valence electrons. The Balaban J connectivity index is 2.64. The van der Waals surface area contributed by atoms with E-state index in [9.17, 15) is 18.0 Å². The summed E-state index contributed by atoms with van der Waals surface area (Å²) in [6.07, 6.45) is 0.807. The van der Waals surface area contributed by atoms with Gasteiger partial charge in [-0.2, -0.15) is 8.42 Å². The molecule has 0 aliphatic heterocycles. The van der Waals surface area contributed by atoms with Crippen molar-refractivity contribution in [3.8, 4) is 5.75 Å². The summed E-state index contributed by atoms with van der Waals surface area (Å²) < 4.78 is 32.7. The summed E-state index contributed by atoms with van der Waals surface area (Å²) in [5.74, 6) is 0.280. The quantitative estimate of drug-likeness (QED) is 0.751. The van der Waals surface area contributed by atoms with Gasteiger partial charge < -0.3 is 4.18 Å². The maximum absolute atomic E-state index is 12.8. The zero-order chi connectivity index (χ0) is 18.9. The third-order valence-corrected chi connectivity index (χ3v) is 5.79. The Morgan fingerprint density at radius 3 is 2.32 bits per heavy atom. The Labute approximate surface area is 146 Å². The van der Waals surface area contributed by atoms with E-state index in [0.717, 1.165) is 21.1 Å². The molecule has 0 saturated heterocycles. The molecule has 0 aliphatic rings. The molecule has 8 heteroatoms. The molecule has 0 unspecified atom stereocenters. The van der Waals surface area contributed by atoms with Gasteiger partial charge in [0.2, 0.25) is 0 Å². The number of benzene rings is 1. The Kier molecular flexibility index (Phi) is 5.22. The second-order valence-corrected chi connectivity index (χ2v) is 7.49. The molecule has 0 spiro atoms. The van der Waals surface area contributed by atoms with Gasteiger partial charge in [-0.3, -0.25) is 13.9 Å². The fraction of sp³-hybridized carbons (Fsp3) is 0.412. The van der Waals surface area contributed by atoms with E-state index in [1.807, 2.05) is 13.8 Å². The normalized spacial score (nSPS) is 12.8. The topological polar surface area (TPSA) is 87.4 Å². The zero-order valence-electron chi connectivity index (χ0n) is 14.9. The Hall–Kier alpha value is -2.35. The summed E-state index contributed by atoms with van der Waals surface area (Å²) in [5, 5.41) is 0. The van der Waals surface area contributed by atoms with Gasteiger partial charge >= 0.3 is 15.8 Å². The van der Waals surface area contributed by atoms with Gasteiger partial charge in [0.1, 0.15) is 5.75 Å². The van der Waals surface area contributed by atoms with Crippen molar-refractivity contribution in [2.45, 2.75) is 38.0 Å². The predicted molar refractivity (Wildman–Crippen MR) is 94.6 cm³/mol. The van der Waals surface area contributed by atoms with Crippen LogP contribution >= 0.6 is 0 Å². The standard InChI is InChI=1S/C17H22N2O5S/c1-6-11(2)13-9-7-8-10-14(13)24-25(22,23)15-12(3)18(4)17(21)19(5)16(15)20/h7-11H,6H2,1-5H3/t11-/m0/s1. The Bertz CT molecular complexity index is 1020. The molecule has 0 bridgehead atoms. The Morgan fingerprint density at radius 1 is 1.12 bits per heavy atom. The fourth-order valence-electron chi connectivity index (χ4n) is 2.55. The summed E-state index contributed by atoms with van der Waals surface area (Å²) in [7, 11) is -1.76. The zero-order valence-corrected chi connectivity index (χ0v) is 15.8. The molecule has 7 nitrogen and oxygen atoms in total. The van der Waals surface area contributed by atoms with E-state index in [2.05, 4.69) is 0 Å². The third-order valence-electron chi connectivity index (χ3n) is 4.42. The van der Waals surface area contributed by atoms with E-state index in [1.165, 1.54) is 21.0 Å². The highest BCUT2D eigenvalue weighted by molar-refractivity contribution is 7.87. The van der Waals surface area contributed by atoms with E-state index < -0.39 is 26.3 Å². The predicted octanol–water partition coefficient (Wildman–Crippen LogP) is 1.67. The summed E-state index contributed by atoms with van der Waals surface area (Å²) in [4.78, 5) is 23.8. The molecule has 0 N–H and O–H groups in total. The number of rotatable bonds is 5. The van der Waals surface area contributed by atoms with E-state index in [4.69, 9.17) is 4.18 Å². The van der Waals surface area contributed by atoms with Crippen LogP contribution in [-0.2, 0) is 24.2 Å². The molecule has 0 radical (unpaired) electrons. The minimum Gasteiger partial charge on any atom is -0.378 e. The number of hydrogen-bond donors (Lipinski definition) is 0. The minimum absolute atomic E-state index is 0.0362. The van der Waals surface area contributed by atoms with Crippen LogP contribution in [0.3, 0.4) is 0 Å². The molecule has 0 aliphatic carbocycles. The lowest BCUT2D eigenvalue weighted by Gasteiger charge is -2.17. The number of hydrogen-bond acceptors (Lipinski definition) is 5. The van der Waals surface area contributed by atoms with E-state index >= 15 is 0 Å². The summed E-state index contributed by atoms with van der Waals surface area (Å²) >= 11 is 0. The molecule has 25 heavy (non-hydrogen) atoms. The van der Waals surface area contributed by atoms with Crippen molar-refractivity contribution in [2.24, 2.45) is 14.1 Å². The van der Waals surface area contributed by atoms with Crippen molar-refractivity contribution in [1.82, 2.24) is 9.13 Å². The largest absolute Gasteiger partial charge is 0.378 e. The van der Waals surface area contributed by atoms with Crippen molar-refractivity contribution >= 4 is 10.1 Å². The first-order valence-electron chi connectivity index (χ1n) is 7.91. The monoisotopic (exact) mass is 366 g/mol. The van der Waals surface area contributed by atoms with Gasteiger partial charge in [-0.15, -0.1) is 0 Å². The van der Waals surface area contributed by atoms with Crippen LogP contribution in [0.5, 0.6) is 5.75 Å². The summed E-state index contributed by atoms with van der Waals surface area (Å²) in [6, 6.07) is 6.82. The van der Waals surface area contributed by atoms with Crippen LogP contribution in [0.4, 0.5) is 0 Å². The van der Waals surface area contributed by atoms with E-state index in [0.29, 0.717) is 0 Å². The summed E-state index contributed by atoms with van der Waals surface area (Å²) in [5.41, 5.74) is -0.718. The van der Waals surface area contributed by atoms with Crippen molar-refractivity contribution in [2.75, 3.05) is 0 Å². The van der Waals surface area contributed by atoms with E-state index in [-0.39, 0.29) is 17.4 Å². The first-order valence-corrected chi connectivity index (χ1v) is 9.32. The van der Waals surface area contributed by atoms with Gasteiger partial charge in [0, 0.05) is 19.8 Å². The van der Waals surface area contributed by atoms with Crippen molar-refractivity contribution in [3.05, 3.63) is 56.4 Å². The molecule has 0 saturated carbocycles. The van der Waals surface area contributed by atoms with Gasteiger partial charge in [0.25, 0.3) is 5.56 Å². The van der Waals surface area contributed by atoms with Crippen LogP contribution in [0.2, 0.25) is 0 Å². The average Bonchev–Trinajstić information content (AvgIpc) is 2.57.